The second kappa shape index (κ2) is 2.48. The van der Waals surface area contributed by atoms with E-state index in [1.807, 2.05) is 6.92 Å². The molecule has 1 N–H and O–H groups in total. The molecule has 2 heteroatoms. The van der Waals surface area contributed by atoms with Crippen LogP contribution in [0.25, 0.3) is 0 Å². The molecule has 1 rings (SSSR count). The van der Waals surface area contributed by atoms with Crippen LogP contribution in [0.3, 0.4) is 0 Å². The number of aliphatic hydroxyl groups excluding tert-OH is 1. The van der Waals surface area contributed by atoms with E-state index in [1.165, 1.54) is 0 Å². The smallest absolute Gasteiger partial charge is 0.133 e. The Morgan fingerprint density at radius 1 is 1.67 bits per heavy atom. The first-order valence-electron chi connectivity index (χ1n) is 3.40. The van der Waals surface area contributed by atoms with Gasteiger partial charge in [-0.25, -0.2) is 0 Å². The first-order chi connectivity index (χ1) is 4.20. The average molecular weight is 128 g/mol. The van der Waals surface area contributed by atoms with Gasteiger partial charge in [-0.15, -0.1) is 0 Å². The zero-order chi connectivity index (χ0) is 6.85. The zero-order valence-electron chi connectivity index (χ0n) is 5.63. The molecule has 52 valence electrons. The number of hydrogen-bond donors (Lipinski definition) is 1. The van der Waals surface area contributed by atoms with Gasteiger partial charge in [0.2, 0.25) is 0 Å². The molecule has 0 spiro atoms. The van der Waals surface area contributed by atoms with Crippen LogP contribution in [0, 0.1) is 5.92 Å². The van der Waals surface area contributed by atoms with E-state index >= 15 is 0 Å². The number of carbonyl (C=O) groups is 1. The first kappa shape index (κ1) is 6.75. The minimum absolute atomic E-state index is 0.186. The van der Waals surface area contributed by atoms with Crippen LogP contribution >= 0.6 is 0 Å². The molecule has 0 radical (unpaired) electrons. The van der Waals surface area contributed by atoms with E-state index in [1.54, 1.807) is 0 Å². The predicted octanol–water partition coefficient (Wildman–Crippen LogP) is 0.736. The number of rotatable bonds is 0. The van der Waals surface area contributed by atoms with E-state index in [4.69, 9.17) is 5.11 Å². The molecule has 0 aromatic heterocycles. The molecule has 1 fully saturated rings. The fourth-order valence-electron chi connectivity index (χ4n) is 1.19. The number of ketones is 1. The Morgan fingerprint density at radius 3 is 2.78 bits per heavy atom. The molecule has 0 aromatic carbocycles. The highest BCUT2D eigenvalue weighted by atomic mass is 16.3. The van der Waals surface area contributed by atoms with Gasteiger partial charge >= 0.3 is 0 Å². The minimum Gasteiger partial charge on any atom is -0.393 e. The lowest BCUT2D eigenvalue weighted by Gasteiger charge is -2.22. The Labute approximate surface area is 54.9 Å². The van der Waals surface area contributed by atoms with Crippen LogP contribution in [-0.4, -0.2) is 17.0 Å². The Morgan fingerprint density at radius 2 is 2.33 bits per heavy atom. The van der Waals surface area contributed by atoms with Crippen molar-refractivity contribution in [2.75, 3.05) is 0 Å². The summed E-state index contributed by atoms with van der Waals surface area (Å²) in [5.74, 6) is 0.485. The summed E-state index contributed by atoms with van der Waals surface area (Å²) in [4.78, 5) is 10.7. The summed E-state index contributed by atoms with van der Waals surface area (Å²) in [6.45, 7) is 1.92. The van der Waals surface area contributed by atoms with Crippen molar-refractivity contribution in [1.29, 1.82) is 0 Å². The predicted molar refractivity (Wildman–Crippen MR) is 34.0 cm³/mol. The fourth-order valence-corrected chi connectivity index (χ4v) is 1.19. The molecular weight excluding hydrogens is 116 g/mol. The monoisotopic (exact) mass is 128 g/mol. The van der Waals surface area contributed by atoms with Gasteiger partial charge in [-0.3, -0.25) is 4.79 Å². The number of carbonyl (C=O) groups excluding carboxylic acids is 1. The standard InChI is InChI=1S/C7H12O2/c1-5-4-6(8)2-3-7(5)9/h5,7,9H,2-4H2,1H3. The lowest BCUT2D eigenvalue weighted by atomic mass is 9.87. The van der Waals surface area contributed by atoms with E-state index < -0.39 is 0 Å². The summed E-state index contributed by atoms with van der Waals surface area (Å²) in [6, 6.07) is 0. The lowest BCUT2D eigenvalue weighted by Crippen LogP contribution is -2.26. The molecule has 0 heterocycles. The molecule has 0 saturated heterocycles. The van der Waals surface area contributed by atoms with E-state index in [0.717, 1.165) is 0 Å². The quantitative estimate of drug-likeness (QED) is 0.522. The van der Waals surface area contributed by atoms with Crippen molar-refractivity contribution in [2.24, 2.45) is 5.92 Å². The summed E-state index contributed by atoms with van der Waals surface area (Å²) in [5, 5.41) is 9.14. The normalized spacial score (nSPS) is 36.9. The van der Waals surface area contributed by atoms with Crippen molar-refractivity contribution >= 4 is 5.78 Å². The third kappa shape index (κ3) is 1.52. The number of aliphatic hydroxyl groups is 1. The van der Waals surface area contributed by atoms with Gasteiger partial charge in [-0.2, -0.15) is 0 Å². The van der Waals surface area contributed by atoms with Gasteiger partial charge in [-0.05, 0) is 12.3 Å². The fraction of sp³-hybridized carbons (Fsp3) is 0.857. The molecule has 1 aliphatic rings. The van der Waals surface area contributed by atoms with Crippen LogP contribution in [0.1, 0.15) is 26.2 Å². The van der Waals surface area contributed by atoms with Gasteiger partial charge in [0.05, 0.1) is 6.10 Å². The lowest BCUT2D eigenvalue weighted by molar-refractivity contribution is -0.124. The molecule has 1 saturated carbocycles. The van der Waals surface area contributed by atoms with Crippen molar-refractivity contribution in [3.8, 4) is 0 Å². The Bertz CT molecular complexity index is 120. The average Bonchev–Trinajstić information content (AvgIpc) is 1.80. The summed E-state index contributed by atoms with van der Waals surface area (Å²) in [5.41, 5.74) is 0. The maximum atomic E-state index is 10.7. The Hall–Kier alpha value is -0.370. The van der Waals surface area contributed by atoms with E-state index in [-0.39, 0.29) is 12.0 Å². The topological polar surface area (TPSA) is 37.3 Å². The maximum Gasteiger partial charge on any atom is 0.133 e. The van der Waals surface area contributed by atoms with Crippen LogP contribution in [0.5, 0.6) is 0 Å². The zero-order valence-corrected chi connectivity index (χ0v) is 5.63. The Kier molecular flexibility index (Phi) is 1.86. The highest BCUT2D eigenvalue weighted by Crippen LogP contribution is 2.20. The van der Waals surface area contributed by atoms with Gasteiger partial charge in [0.25, 0.3) is 0 Å². The summed E-state index contributed by atoms with van der Waals surface area (Å²) in [6.07, 6.45) is 1.58. The van der Waals surface area contributed by atoms with Crippen LogP contribution in [0.15, 0.2) is 0 Å². The highest BCUT2D eigenvalue weighted by molar-refractivity contribution is 5.79. The molecule has 9 heavy (non-hydrogen) atoms. The molecular formula is C7H12O2. The molecule has 1 aliphatic carbocycles. The van der Waals surface area contributed by atoms with Gasteiger partial charge in [0.1, 0.15) is 5.78 Å². The van der Waals surface area contributed by atoms with Crippen LogP contribution < -0.4 is 0 Å². The summed E-state index contributed by atoms with van der Waals surface area (Å²) >= 11 is 0. The van der Waals surface area contributed by atoms with Crippen molar-refractivity contribution < 1.29 is 9.90 Å². The summed E-state index contributed by atoms with van der Waals surface area (Å²) in [7, 11) is 0. The minimum atomic E-state index is -0.234. The van der Waals surface area contributed by atoms with Gasteiger partial charge in [-0.1, -0.05) is 6.92 Å². The van der Waals surface area contributed by atoms with Crippen molar-refractivity contribution in [3.05, 3.63) is 0 Å². The maximum absolute atomic E-state index is 10.7. The molecule has 0 aliphatic heterocycles. The van der Waals surface area contributed by atoms with Crippen LogP contribution in [0.2, 0.25) is 0 Å². The largest absolute Gasteiger partial charge is 0.393 e. The van der Waals surface area contributed by atoms with Crippen LogP contribution in [0.4, 0.5) is 0 Å². The molecule has 2 nitrogen and oxygen atoms in total. The van der Waals surface area contributed by atoms with E-state index in [0.29, 0.717) is 25.0 Å². The van der Waals surface area contributed by atoms with Crippen LogP contribution in [-0.2, 0) is 4.79 Å². The Balaban J connectivity index is 2.44. The van der Waals surface area contributed by atoms with E-state index in [9.17, 15) is 4.79 Å². The summed E-state index contributed by atoms with van der Waals surface area (Å²) < 4.78 is 0. The molecule has 0 amide bonds. The second-order valence-electron chi connectivity index (χ2n) is 2.83. The molecule has 0 bridgehead atoms. The SMILES string of the molecule is CC1CC(=O)CCC1O. The third-order valence-electron chi connectivity index (χ3n) is 1.93. The van der Waals surface area contributed by atoms with Crippen molar-refractivity contribution in [1.82, 2.24) is 0 Å². The second-order valence-corrected chi connectivity index (χ2v) is 2.83. The van der Waals surface area contributed by atoms with Crippen molar-refractivity contribution in [3.63, 3.8) is 0 Å². The van der Waals surface area contributed by atoms with Gasteiger partial charge in [0, 0.05) is 12.8 Å². The van der Waals surface area contributed by atoms with Crippen molar-refractivity contribution in [2.45, 2.75) is 32.3 Å². The highest BCUT2D eigenvalue weighted by Gasteiger charge is 2.23. The molecule has 2 unspecified atom stereocenters. The molecule has 2 atom stereocenters. The third-order valence-corrected chi connectivity index (χ3v) is 1.93. The van der Waals surface area contributed by atoms with E-state index in [2.05, 4.69) is 0 Å². The van der Waals surface area contributed by atoms with Gasteiger partial charge in [0.15, 0.2) is 0 Å². The first-order valence-corrected chi connectivity index (χ1v) is 3.40. The molecule has 0 aromatic rings. The number of hydrogen-bond acceptors (Lipinski definition) is 2. The van der Waals surface area contributed by atoms with Gasteiger partial charge < -0.3 is 5.11 Å². The number of Topliss-reactive ketones (excluding diaryl/α,β-unsaturated/α-hetero) is 1.